The number of aliphatic hydroxyl groups is 1. The predicted octanol–water partition coefficient (Wildman–Crippen LogP) is 2.88. The van der Waals surface area contributed by atoms with Crippen molar-refractivity contribution in [2.75, 3.05) is 26.2 Å². The van der Waals surface area contributed by atoms with Crippen LogP contribution in [0.4, 0.5) is 0 Å². The molecular weight excluding hydrogens is 236 g/mol. The average Bonchev–Trinajstić information content (AvgIpc) is 2.35. The fourth-order valence-corrected chi connectivity index (χ4v) is 2.74. The molecule has 0 saturated carbocycles. The molecule has 0 fully saturated rings. The highest BCUT2D eigenvalue weighted by atomic mass is 16.3. The van der Waals surface area contributed by atoms with Crippen LogP contribution in [0.15, 0.2) is 0 Å². The monoisotopic (exact) mass is 272 g/mol. The van der Waals surface area contributed by atoms with Gasteiger partial charge < -0.3 is 15.3 Å². The van der Waals surface area contributed by atoms with Crippen LogP contribution < -0.4 is 5.32 Å². The minimum absolute atomic E-state index is 0.0919. The molecule has 1 unspecified atom stereocenters. The van der Waals surface area contributed by atoms with Gasteiger partial charge in [0.1, 0.15) is 0 Å². The van der Waals surface area contributed by atoms with Crippen molar-refractivity contribution in [2.45, 2.75) is 72.4 Å². The molecule has 0 rings (SSSR count). The first kappa shape index (κ1) is 18.9. The SMILES string of the molecule is CCN(CCCC(CC)(CO)NC(C)C)CC(C)C. The molecule has 0 aliphatic rings. The van der Waals surface area contributed by atoms with Crippen LogP contribution in [-0.2, 0) is 0 Å². The van der Waals surface area contributed by atoms with Gasteiger partial charge in [-0.15, -0.1) is 0 Å². The van der Waals surface area contributed by atoms with Crippen LogP contribution in [-0.4, -0.2) is 47.8 Å². The van der Waals surface area contributed by atoms with E-state index >= 15 is 0 Å². The van der Waals surface area contributed by atoms with E-state index in [4.69, 9.17) is 0 Å². The summed E-state index contributed by atoms with van der Waals surface area (Å²) in [6.45, 7) is 16.9. The quantitative estimate of drug-likeness (QED) is 0.607. The summed E-state index contributed by atoms with van der Waals surface area (Å²) < 4.78 is 0. The number of aliphatic hydroxyl groups excluding tert-OH is 1. The van der Waals surface area contributed by atoms with Gasteiger partial charge in [-0.05, 0) is 38.3 Å². The molecule has 3 heteroatoms. The highest BCUT2D eigenvalue weighted by Gasteiger charge is 2.27. The summed E-state index contributed by atoms with van der Waals surface area (Å²) >= 11 is 0. The Morgan fingerprint density at radius 1 is 1.16 bits per heavy atom. The number of nitrogens with one attached hydrogen (secondary N) is 1. The molecule has 0 aromatic rings. The van der Waals surface area contributed by atoms with Crippen LogP contribution in [0.2, 0.25) is 0 Å². The van der Waals surface area contributed by atoms with E-state index < -0.39 is 0 Å². The second kappa shape index (κ2) is 9.73. The molecule has 1 atom stereocenters. The highest BCUT2D eigenvalue weighted by molar-refractivity contribution is 4.87. The average molecular weight is 272 g/mol. The van der Waals surface area contributed by atoms with Crippen molar-refractivity contribution in [3.63, 3.8) is 0 Å². The zero-order valence-corrected chi connectivity index (χ0v) is 14.0. The zero-order valence-electron chi connectivity index (χ0n) is 14.0. The van der Waals surface area contributed by atoms with E-state index in [1.54, 1.807) is 0 Å². The zero-order chi connectivity index (χ0) is 14.9. The Bertz CT molecular complexity index is 213. The molecule has 0 aliphatic carbocycles. The molecule has 0 aromatic heterocycles. The summed E-state index contributed by atoms with van der Waals surface area (Å²) in [4.78, 5) is 2.51. The van der Waals surface area contributed by atoms with Gasteiger partial charge in [0.05, 0.1) is 6.61 Å². The molecule has 0 aromatic carbocycles. The normalized spacial score (nSPS) is 15.5. The van der Waals surface area contributed by atoms with Gasteiger partial charge in [0.2, 0.25) is 0 Å². The molecule has 0 saturated heterocycles. The molecule has 3 nitrogen and oxygen atoms in total. The van der Waals surface area contributed by atoms with E-state index in [-0.39, 0.29) is 12.1 Å². The Kier molecular flexibility index (Phi) is 9.67. The molecule has 116 valence electrons. The standard InChI is InChI=1S/C16H36N2O/c1-7-16(13-19,17-15(5)6)10-9-11-18(8-2)12-14(3)4/h14-15,17,19H,7-13H2,1-6H3. The molecule has 0 aliphatic heterocycles. The lowest BCUT2D eigenvalue weighted by atomic mass is 9.90. The second-order valence-electron chi connectivity index (χ2n) is 6.48. The maximum Gasteiger partial charge on any atom is 0.0613 e. The van der Waals surface area contributed by atoms with E-state index in [0.717, 1.165) is 38.3 Å². The van der Waals surface area contributed by atoms with Crippen molar-refractivity contribution in [1.29, 1.82) is 0 Å². The van der Waals surface area contributed by atoms with Gasteiger partial charge >= 0.3 is 0 Å². The number of hydrogen-bond acceptors (Lipinski definition) is 3. The van der Waals surface area contributed by atoms with Crippen molar-refractivity contribution in [3.05, 3.63) is 0 Å². The van der Waals surface area contributed by atoms with E-state index in [2.05, 4.69) is 51.8 Å². The lowest BCUT2D eigenvalue weighted by Gasteiger charge is -2.35. The minimum atomic E-state index is -0.0919. The third kappa shape index (κ3) is 7.91. The van der Waals surface area contributed by atoms with E-state index in [9.17, 15) is 5.11 Å². The minimum Gasteiger partial charge on any atom is -0.394 e. The third-order valence-electron chi connectivity index (χ3n) is 3.77. The smallest absolute Gasteiger partial charge is 0.0613 e. The lowest BCUT2D eigenvalue weighted by molar-refractivity contribution is 0.129. The first-order valence-corrected chi connectivity index (χ1v) is 8.00. The van der Waals surface area contributed by atoms with Crippen molar-refractivity contribution in [1.82, 2.24) is 10.2 Å². The van der Waals surface area contributed by atoms with Gasteiger partial charge in [-0.25, -0.2) is 0 Å². The summed E-state index contributed by atoms with van der Waals surface area (Å²) in [7, 11) is 0. The van der Waals surface area contributed by atoms with E-state index in [0.29, 0.717) is 6.04 Å². The maximum absolute atomic E-state index is 9.72. The van der Waals surface area contributed by atoms with Crippen LogP contribution in [0.3, 0.4) is 0 Å². The fraction of sp³-hybridized carbons (Fsp3) is 1.00. The van der Waals surface area contributed by atoms with Gasteiger partial charge in [0.25, 0.3) is 0 Å². The maximum atomic E-state index is 9.72. The van der Waals surface area contributed by atoms with Crippen molar-refractivity contribution < 1.29 is 5.11 Å². The summed E-state index contributed by atoms with van der Waals surface area (Å²) in [6.07, 6.45) is 3.18. The first-order chi connectivity index (χ1) is 8.89. The molecule has 0 heterocycles. The number of nitrogens with zero attached hydrogens (tertiary/aromatic N) is 1. The second-order valence-corrected chi connectivity index (χ2v) is 6.48. The van der Waals surface area contributed by atoms with Crippen LogP contribution in [0, 0.1) is 5.92 Å². The van der Waals surface area contributed by atoms with Crippen molar-refractivity contribution in [3.8, 4) is 0 Å². The summed E-state index contributed by atoms with van der Waals surface area (Å²) in [5.74, 6) is 0.725. The highest BCUT2D eigenvalue weighted by Crippen LogP contribution is 2.18. The Morgan fingerprint density at radius 2 is 1.79 bits per heavy atom. The third-order valence-corrected chi connectivity index (χ3v) is 3.77. The Hall–Kier alpha value is -0.120. The van der Waals surface area contributed by atoms with E-state index in [1.807, 2.05) is 0 Å². The fourth-order valence-electron chi connectivity index (χ4n) is 2.74. The van der Waals surface area contributed by atoms with Crippen LogP contribution >= 0.6 is 0 Å². The topological polar surface area (TPSA) is 35.5 Å². The molecular formula is C16H36N2O. The Labute approximate surface area is 120 Å². The van der Waals surface area contributed by atoms with Gasteiger partial charge in [-0.2, -0.15) is 0 Å². The molecule has 0 bridgehead atoms. The largest absolute Gasteiger partial charge is 0.394 e. The van der Waals surface area contributed by atoms with Crippen molar-refractivity contribution in [2.24, 2.45) is 5.92 Å². The summed E-state index contributed by atoms with van der Waals surface area (Å²) in [5.41, 5.74) is -0.0919. The molecule has 0 amide bonds. The van der Waals surface area contributed by atoms with Gasteiger partial charge in [-0.3, -0.25) is 0 Å². The van der Waals surface area contributed by atoms with Crippen molar-refractivity contribution >= 4 is 0 Å². The molecule has 2 N–H and O–H groups in total. The Morgan fingerprint density at radius 3 is 2.16 bits per heavy atom. The molecule has 19 heavy (non-hydrogen) atoms. The lowest BCUT2D eigenvalue weighted by Crippen LogP contribution is -2.51. The number of hydrogen-bond donors (Lipinski definition) is 2. The van der Waals surface area contributed by atoms with Gasteiger partial charge in [-0.1, -0.05) is 41.5 Å². The van der Waals surface area contributed by atoms with E-state index in [1.165, 1.54) is 6.54 Å². The number of rotatable bonds is 11. The first-order valence-electron chi connectivity index (χ1n) is 8.00. The summed E-state index contributed by atoms with van der Waals surface area (Å²) in [6, 6.07) is 0.421. The van der Waals surface area contributed by atoms with Crippen LogP contribution in [0.5, 0.6) is 0 Å². The van der Waals surface area contributed by atoms with Crippen LogP contribution in [0.1, 0.15) is 60.8 Å². The van der Waals surface area contributed by atoms with Crippen LogP contribution in [0.25, 0.3) is 0 Å². The van der Waals surface area contributed by atoms with Gasteiger partial charge in [0, 0.05) is 18.1 Å². The Balaban J connectivity index is 4.24. The molecule has 0 radical (unpaired) electrons. The van der Waals surface area contributed by atoms with Gasteiger partial charge in [0.15, 0.2) is 0 Å². The summed E-state index contributed by atoms with van der Waals surface area (Å²) in [5, 5.41) is 13.3. The predicted molar refractivity (Wildman–Crippen MR) is 84.6 cm³/mol. The molecule has 0 spiro atoms.